The molecule has 28 heavy (non-hydrogen) atoms. The van der Waals surface area contributed by atoms with Gasteiger partial charge in [-0.25, -0.2) is 0 Å². The molecule has 0 unspecified atom stereocenters. The van der Waals surface area contributed by atoms with E-state index in [1.807, 2.05) is 35.2 Å². The molecule has 2 aromatic carbocycles. The monoisotopic (exact) mass is 412 g/mol. The lowest BCUT2D eigenvalue weighted by Gasteiger charge is -2.34. The first-order valence-electron chi connectivity index (χ1n) is 8.86. The summed E-state index contributed by atoms with van der Waals surface area (Å²) >= 11 is 12.2. The molecule has 0 aromatic heterocycles. The van der Waals surface area contributed by atoms with Gasteiger partial charge in [0, 0.05) is 16.8 Å². The lowest BCUT2D eigenvalue weighted by atomic mass is 9.83. The number of carbonyl (C=O) groups is 3. The van der Waals surface area contributed by atoms with Gasteiger partial charge in [0.15, 0.2) is 5.78 Å². The summed E-state index contributed by atoms with van der Waals surface area (Å²) in [6, 6.07) is 11.2. The van der Waals surface area contributed by atoms with E-state index in [9.17, 15) is 14.4 Å². The number of amides is 2. The second-order valence-corrected chi connectivity index (χ2v) is 8.02. The van der Waals surface area contributed by atoms with Gasteiger partial charge < -0.3 is 4.90 Å². The average molecular weight is 413 g/mol. The maximum Gasteiger partial charge on any atom is 0.233 e. The standard InChI is InChI=1S/C21H14Cl2N2O3/c22-11-5-6-13(14(23)9-11)19(26)18-16-15(20(27)24-21(16)28)17-12-4-2-1-3-10(12)7-8-25(17)18/h1-9,15-18H,(H,24,27,28)/t15-,16+,17+,18-/m0/s1. The summed E-state index contributed by atoms with van der Waals surface area (Å²) < 4.78 is 0. The molecule has 0 bridgehead atoms. The minimum Gasteiger partial charge on any atom is -0.358 e. The molecule has 4 atom stereocenters. The molecule has 2 amide bonds. The normalized spacial score (nSPS) is 27.3. The minimum absolute atomic E-state index is 0.226. The Morgan fingerprint density at radius 3 is 2.54 bits per heavy atom. The second-order valence-electron chi connectivity index (χ2n) is 7.18. The van der Waals surface area contributed by atoms with Crippen LogP contribution in [0.5, 0.6) is 0 Å². The molecule has 140 valence electrons. The van der Waals surface area contributed by atoms with Crippen molar-refractivity contribution in [2.45, 2.75) is 12.1 Å². The summed E-state index contributed by atoms with van der Waals surface area (Å²) in [6.45, 7) is 0. The predicted octanol–water partition coefficient (Wildman–Crippen LogP) is 3.47. The molecule has 0 spiro atoms. The number of hydrogen-bond donors (Lipinski definition) is 1. The first-order chi connectivity index (χ1) is 13.5. The molecule has 3 aliphatic heterocycles. The summed E-state index contributed by atoms with van der Waals surface area (Å²) in [7, 11) is 0. The average Bonchev–Trinajstić information content (AvgIpc) is 3.16. The summed E-state index contributed by atoms with van der Waals surface area (Å²) in [5.41, 5.74) is 2.20. The van der Waals surface area contributed by atoms with Crippen LogP contribution in [-0.2, 0) is 9.59 Å². The molecule has 3 heterocycles. The number of nitrogens with zero attached hydrogens (tertiary/aromatic N) is 1. The largest absolute Gasteiger partial charge is 0.358 e. The van der Waals surface area contributed by atoms with Crippen molar-refractivity contribution in [3.8, 4) is 0 Å². The highest BCUT2D eigenvalue weighted by Crippen LogP contribution is 2.51. The van der Waals surface area contributed by atoms with Crippen LogP contribution in [0.3, 0.4) is 0 Å². The minimum atomic E-state index is -0.815. The highest BCUT2D eigenvalue weighted by Gasteiger charge is 2.61. The number of rotatable bonds is 2. The smallest absolute Gasteiger partial charge is 0.233 e. The predicted molar refractivity (Wildman–Crippen MR) is 105 cm³/mol. The van der Waals surface area contributed by atoms with Gasteiger partial charge in [-0.2, -0.15) is 0 Å². The van der Waals surface area contributed by atoms with E-state index in [1.54, 1.807) is 18.3 Å². The van der Waals surface area contributed by atoms with E-state index < -0.39 is 23.8 Å². The van der Waals surface area contributed by atoms with E-state index in [0.29, 0.717) is 5.02 Å². The number of nitrogens with one attached hydrogen (secondary N) is 1. The van der Waals surface area contributed by atoms with Crippen molar-refractivity contribution < 1.29 is 14.4 Å². The molecular formula is C21H14Cl2N2O3. The molecule has 3 aliphatic rings. The highest BCUT2D eigenvalue weighted by molar-refractivity contribution is 6.37. The van der Waals surface area contributed by atoms with Crippen molar-refractivity contribution in [2.24, 2.45) is 11.8 Å². The Kier molecular flexibility index (Phi) is 3.86. The number of halogens is 2. The fraction of sp³-hybridized carbons (Fsp3) is 0.190. The summed E-state index contributed by atoms with van der Waals surface area (Å²) in [4.78, 5) is 40.5. The lowest BCUT2D eigenvalue weighted by Crippen LogP contribution is -2.43. The molecule has 5 nitrogen and oxygen atoms in total. The van der Waals surface area contributed by atoms with Gasteiger partial charge in [-0.1, -0.05) is 47.5 Å². The van der Waals surface area contributed by atoms with Crippen LogP contribution in [-0.4, -0.2) is 28.5 Å². The number of imide groups is 1. The summed E-state index contributed by atoms with van der Waals surface area (Å²) in [6.07, 6.45) is 3.71. The maximum atomic E-state index is 13.4. The van der Waals surface area contributed by atoms with Crippen LogP contribution in [0.4, 0.5) is 0 Å². The first kappa shape index (κ1) is 17.5. The zero-order valence-corrected chi connectivity index (χ0v) is 15.9. The molecule has 2 aromatic rings. The third kappa shape index (κ3) is 2.36. The van der Waals surface area contributed by atoms with Crippen molar-refractivity contribution in [1.82, 2.24) is 10.2 Å². The van der Waals surface area contributed by atoms with Crippen molar-refractivity contribution in [2.75, 3.05) is 0 Å². The van der Waals surface area contributed by atoms with Crippen LogP contribution in [0, 0.1) is 11.8 Å². The van der Waals surface area contributed by atoms with Crippen molar-refractivity contribution >= 4 is 46.9 Å². The quantitative estimate of drug-likeness (QED) is 0.605. The van der Waals surface area contributed by atoms with Crippen LogP contribution in [0.25, 0.3) is 6.08 Å². The van der Waals surface area contributed by atoms with E-state index >= 15 is 0 Å². The van der Waals surface area contributed by atoms with Crippen LogP contribution in [0.2, 0.25) is 10.0 Å². The second kappa shape index (κ2) is 6.19. The molecule has 0 radical (unpaired) electrons. The maximum absolute atomic E-state index is 13.4. The zero-order chi connectivity index (χ0) is 19.6. The Hall–Kier alpha value is -2.63. The van der Waals surface area contributed by atoms with Crippen molar-refractivity contribution in [3.05, 3.63) is 75.4 Å². The van der Waals surface area contributed by atoms with Crippen molar-refractivity contribution in [1.29, 1.82) is 0 Å². The molecule has 0 aliphatic carbocycles. The van der Waals surface area contributed by atoms with Gasteiger partial charge in [-0.3, -0.25) is 19.7 Å². The fourth-order valence-corrected chi connectivity index (χ4v) is 5.12. The zero-order valence-electron chi connectivity index (χ0n) is 14.4. The molecule has 0 saturated carbocycles. The van der Waals surface area contributed by atoms with Crippen LogP contribution >= 0.6 is 23.2 Å². The Balaban J connectivity index is 1.65. The van der Waals surface area contributed by atoms with Gasteiger partial charge in [0.2, 0.25) is 11.8 Å². The topological polar surface area (TPSA) is 66.5 Å². The molecular weight excluding hydrogens is 399 g/mol. The molecule has 5 rings (SSSR count). The van der Waals surface area contributed by atoms with Gasteiger partial charge in [-0.05, 0) is 35.4 Å². The van der Waals surface area contributed by atoms with Gasteiger partial charge in [0.05, 0.1) is 22.9 Å². The van der Waals surface area contributed by atoms with Gasteiger partial charge in [-0.15, -0.1) is 0 Å². The number of Topliss-reactive ketones (excluding diaryl/α,β-unsaturated/α-hetero) is 1. The Morgan fingerprint density at radius 1 is 1.00 bits per heavy atom. The van der Waals surface area contributed by atoms with Gasteiger partial charge >= 0.3 is 0 Å². The molecule has 1 N–H and O–H groups in total. The Labute approximate surface area is 170 Å². The van der Waals surface area contributed by atoms with Crippen LogP contribution in [0.1, 0.15) is 27.5 Å². The summed E-state index contributed by atoms with van der Waals surface area (Å²) in [5, 5.41) is 3.05. The van der Waals surface area contributed by atoms with E-state index in [-0.39, 0.29) is 28.3 Å². The highest BCUT2D eigenvalue weighted by atomic mass is 35.5. The molecule has 7 heteroatoms. The third-order valence-electron chi connectivity index (χ3n) is 5.77. The van der Waals surface area contributed by atoms with E-state index in [0.717, 1.165) is 11.1 Å². The van der Waals surface area contributed by atoms with E-state index in [2.05, 4.69) is 5.32 Å². The number of benzene rings is 2. The van der Waals surface area contributed by atoms with Gasteiger partial charge in [0.1, 0.15) is 6.04 Å². The van der Waals surface area contributed by atoms with Crippen LogP contribution in [0.15, 0.2) is 48.7 Å². The molecule has 2 fully saturated rings. The first-order valence-corrected chi connectivity index (χ1v) is 9.61. The summed E-state index contributed by atoms with van der Waals surface area (Å²) in [5.74, 6) is -2.45. The Bertz CT molecular complexity index is 1080. The third-order valence-corrected chi connectivity index (χ3v) is 6.32. The van der Waals surface area contributed by atoms with E-state index in [1.165, 1.54) is 6.07 Å². The number of fused-ring (bicyclic) bond motifs is 5. The van der Waals surface area contributed by atoms with E-state index in [4.69, 9.17) is 23.2 Å². The van der Waals surface area contributed by atoms with Crippen molar-refractivity contribution in [3.63, 3.8) is 0 Å². The Morgan fingerprint density at radius 2 is 1.75 bits per heavy atom. The van der Waals surface area contributed by atoms with Gasteiger partial charge in [0.25, 0.3) is 0 Å². The number of carbonyl (C=O) groups excluding carboxylic acids is 3. The SMILES string of the molecule is O=C1NC(=O)[C@H]2[C@@H]1[C@@H](C(=O)c1ccc(Cl)cc1Cl)N1C=Cc3ccccc3[C@H]21. The lowest BCUT2D eigenvalue weighted by molar-refractivity contribution is -0.127. The number of ketones is 1. The number of hydrogen-bond acceptors (Lipinski definition) is 4. The fourth-order valence-electron chi connectivity index (χ4n) is 4.62. The van der Waals surface area contributed by atoms with Crippen LogP contribution < -0.4 is 5.32 Å². The molecule has 2 saturated heterocycles.